The molecule has 2 aliphatic rings. The second-order valence-electron chi connectivity index (χ2n) is 7.17. The molecule has 0 saturated carbocycles. The van der Waals surface area contributed by atoms with E-state index in [1.165, 1.54) is 17.5 Å². The average molecular weight is 259 g/mol. The summed E-state index contributed by atoms with van der Waals surface area (Å²) in [5.74, 6) is 0.738. The molecule has 2 nitrogen and oxygen atoms in total. The maximum absolute atomic E-state index is 5.57. The van der Waals surface area contributed by atoms with Crippen molar-refractivity contribution in [1.29, 1.82) is 0 Å². The molecular formula is C17H25NO. The van der Waals surface area contributed by atoms with Gasteiger partial charge in [0.2, 0.25) is 0 Å². The van der Waals surface area contributed by atoms with Crippen molar-refractivity contribution >= 4 is 0 Å². The van der Waals surface area contributed by atoms with Crippen molar-refractivity contribution in [2.45, 2.75) is 38.0 Å². The van der Waals surface area contributed by atoms with Gasteiger partial charge in [-0.25, -0.2) is 0 Å². The van der Waals surface area contributed by atoms with Gasteiger partial charge in [-0.3, -0.25) is 0 Å². The van der Waals surface area contributed by atoms with Crippen molar-refractivity contribution < 1.29 is 4.74 Å². The number of benzene rings is 1. The Bertz CT molecular complexity index is 433. The van der Waals surface area contributed by atoms with Gasteiger partial charge in [-0.2, -0.15) is 0 Å². The summed E-state index contributed by atoms with van der Waals surface area (Å²) in [4.78, 5) is 0. The predicted octanol–water partition coefficient (Wildman–Crippen LogP) is 2.86. The minimum absolute atomic E-state index is 0.233. The van der Waals surface area contributed by atoms with Gasteiger partial charge in [0.05, 0.1) is 13.2 Å². The minimum Gasteiger partial charge on any atom is -0.379 e. The van der Waals surface area contributed by atoms with Gasteiger partial charge < -0.3 is 10.1 Å². The molecule has 2 fully saturated rings. The number of hydrogen-bond acceptors (Lipinski definition) is 2. The fraction of sp³-hybridized carbons (Fsp3) is 0.647. The van der Waals surface area contributed by atoms with E-state index in [9.17, 15) is 0 Å². The van der Waals surface area contributed by atoms with Crippen molar-refractivity contribution in [1.82, 2.24) is 5.32 Å². The molecule has 19 heavy (non-hydrogen) atoms. The van der Waals surface area contributed by atoms with Crippen LogP contribution in [0.3, 0.4) is 0 Å². The molecule has 1 atom stereocenters. The fourth-order valence-electron chi connectivity index (χ4n) is 3.39. The standard InChI is InChI=1S/C17H25NO/c1-16(2,3)13-4-6-14(7-5-13)17(11-19-12-17)15-8-9-18-10-15/h4-7,15,18H,8-12H2,1-3H3. The van der Waals surface area contributed by atoms with Crippen molar-refractivity contribution in [3.63, 3.8) is 0 Å². The molecule has 2 aliphatic heterocycles. The molecule has 1 N–H and O–H groups in total. The molecule has 0 spiro atoms. The van der Waals surface area contributed by atoms with Crippen LogP contribution >= 0.6 is 0 Å². The lowest BCUT2D eigenvalue weighted by atomic mass is 9.68. The van der Waals surface area contributed by atoms with E-state index in [0.717, 1.165) is 32.2 Å². The van der Waals surface area contributed by atoms with E-state index in [0.29, 0.717) is 0 Å². The molecule has 2 heterocycles. The van der Waals surface area contributed by atoms with Crippen LogP contribution in [0.15, 0.2) is 24.3 Å². The highest BCUT2D eigenvalue weighted by Crippen LogP contribution is 2.42. The van der Waals surface area contributed by atoms with E-state index in [4.69, 9.17) is 4.74 Å². The van der Waals surface area contributed by atoms with E-state index in [2.05, 4.69) is 50.4 Å². The summed E-state index contributed by atoms with van der Waals surface area (Å²) in [6, 6.07) is 9.28. The molecule has 0 aliphatic carbocycles. The van der Waals surface area contributed by atoms with Gasteiger partial charge in [0.1, 0.15) is 0 Å². The Morgan fingerprint density at radius 2 is 1.84 bits per heavy atom. The van der Waals surface area contributed by atoms with Crippen LogP contribution in [0.25, 0.3) is 0 Å². The fourth-order valence-corrected chi connectivity index (χ4v) is 3.39. The normalized spacial score (nSPS) is 26.2. The first-order valence-electron chi connectivity index (χ1n) is 7.42. The summed E-state index contributed by atoms with van der Waals surface area (Å²) in [7, 11) is 0. The number of nitrogens with one attached hydrogen (secondary N) is 1. The molecule has 1 aromatic carbocycles. The summed E-state index contributed by atoms with van der Waals surface area (Å²) in [5.41, 5.74) is 3.40. The lowest BCUT2D eigenvalue weighted by molar-refractivity contribution is -0.0869. The molecule has 1 aromatic rings. The molecule has 2 saturated heterocycles. The highest BCUT2D eigenvalue weighted by atomic mass is 16.5. The molecule has 0 amide bonds. The first kappa shape index (κ1) is 13.1. The third kappa shape index (κ3) is 2.21. The largest absolute Gasteiger partial charge is 0.379 e. The maximum atomic E-state index is 5.57. The second kappa shape index (κ2) is 4.60. The summed E-state index contributed by atoms with van der Waals surface area (Å²) in [6.45, 7) is 10.9. The number of rotatable bonds is 2. The quantitative estimate of drug-likeness (QED) is 0.882. The molecule has 3 rings (SSSR count). The van der Waals surface area contributed by atoms with Crippen LogP contribution in [0.5, 0.6) is 0 Å². The van der Waals surface area contributed by atoms with Crippen LogP contribution < -0.4 is 5.32 Å². The predicted molar refractivity (Wildman–Crippen MR) is 78.6 cm³/mol. The van der Waals surface area contributed by atoms with E-state index < -0.39 is 0 Å². The van der Waals surface area contributed by atoms with Crippen molar-refractivity contribution in [2.24, 2.45) is 5.92 Å². The van der Waals surface area contributed by atoms with Crippen molar-refractivity contribution in [3.05, 3.63) is 35.4 Å². The molecular weight excluding hydrogens is 234 g/mol. The summed E-state index contributed by atoms with van der Waals surface area (Å²) >= 11 is 0. The zero-order valence-corrected chi connectivity index (χ0v) is 12.3. The summed E-state index contributed by atoms with van der Waals surface area (Å²) < 4.78 is 5.57. The second-order valence-corrected chi connectivity index (χ2v) is 7.17. The Labute approximate surface area is 116 Å². The Balaban J connectivity index is 1.88. The van der Waals surface area contributed by atoms with Gasteiger partial charge in [0, 0.05) is 5.41 Å². The Kier molecular flexibility index (Phi) is 3.18. The summed E-state index contributed by atoms with van der Waals surface area (Å²) in [6.07, 6.45) is 1.28. The first-order valence-corrected chi connectivity index (χ1v) is 7.42. The maximum Gasteiger partial charge on any atom is 0.0588 e. The molecule has 1 unspecified atom stereocenters. The molecule has 0 aromatic heterocycles. The third-order valence-corrected chi connectivity index (χ3v) is 4.89. The highest BCUT2D eigenvalue weighted by Gasteiger charge is 2.47. The van der Waals surface area contributed by atoms with Crippen LogP contribution in [0.2, 0.25) is 0 Å². The van der Waals surface area contributed by atoms with Gasteiger partial charge >= 0.3 is 0 Å². The first-order chi connectivity index (χ1) is 9.02. The van der Waals surface area contributed by atoms with Crippen LogP contribution in [0, 0.1) is 5.92 Å². The molecule has 0 radical (unpaired) electrons. The lowest BCUT2D eigenvalue weighted by Gasteiger charge is -2.46. The van der Waals surface area contributed by atoms with Crippen LogP contribution in [-0.2, 0) is 15.6 Å². The summed E-state index contributed by atoms with van der Waals surface area (Å²) in [5, 5.41) is 3.50. The van der Waals surface area contributed by atoms with Gasteiger partial charge in [-0.1, -0.05) is 45.0 Å². The minimum atomic E-state index is 0.233. The molecule has 104 valence electrons. The van der Waals surface area contributed by atoms with Crippen LogP contribution in [0.4, 0.5) is 0 Å². The van der Waals surface area contributed by atoms with E-state index >= 15 is 0 Å². The SMILES string of the molecule is CC(C)(C)c1ccc(C2(C3CCNC3)COC2)cc1. The lowest BCUT2D eigenvalue weighted by Crippen LogP contribution is -2.53. The number of hydrogen-bond donors (Lipinski definition) is 1. The van der Waals surface area contributed by atoms with Crippen molar-refractivity contribution in [3.8, 4) is 0 Å². The molecule has 0 bridgehead atoms. The topological polar surface area (TPSA) is 21.3 Å². The van der Waals surface area contributed by atoms with E-state index in [1.54, 1.807) is 0 Å². The van der Waals surface area contributed by atoms with Crippen molar-refractivity contribution in [2.75, 3.05) is 26.3 Å². The van der Waals surface area contributed by atoms with Crippen LogP contribution in [0.1, 0.15) is 38.3 Å². The zero-order valence-electron chi connectivity index (χ0n) is 12.3. The monoisotopic (exact) mass is 259 g/mol. The van der Waals surface area contributed by atoms with E-state index in [-0.39, 0.29) is 10.8 Å². The zero-order chi connectivity index (χ0) is 13.5. The van der Waals surface area contributed by atoms with Gasteiger partial charge in [0.25, 0.3) is 0 Å². The molecule has 2 heteroatoms. The Morgan fingerprint density at radius 1 is 1.16 bits per heavy atom. The number of ether oxygens (including phenoxy) is 1. The smallest absolute Gasteiger partial charge is 0.0588 e. The van der Waals surface area contributed by atoms with E-state index in [1.807, 2.05) is 0 Å². The Morgan fingerprint density at radius 3 is 2.26 bits per heavy atom. The van der Waals surface area contributed by atoms with Gasteiger partial charge in [-0.05, 0) is 42.0 Å². The third-order valence-electron chi connectivity index (χ3n) is 4.89. The van der Waals surface area contributed by atoms with Gasteiger partial charge in [-0.15, -0.1) is 0 Å². The highest BCUT2D eigenvalue weighted by molar-refractivity contribution is 5.35. The average Bonchev–Trinajstić information content (AvgIpc) is 2.81. The van der Waals surface area contributed by atoms with Gasteiger partial charge in [0.15, 0.2) is 0 Å². The Hall–Kier alpha value is -0.860. The van der Waals surface area contributed by atoms with Crippen LogP contribution in [-0.4, -0.2) is 26.3 Å².